The molecule has 0 radical (unpaired) electrons. The number of hydrogen-bond acceptors (Lipinski definition) is 3. The second-order valence-corrected chi connectivity index (χ2v) is 5.68. The maximum Gasteiger partial charge on any atom is 0.0640 e. The van der Waals surface area contributed by atoms with Crippen LogP contribution >= 0.6 is 0 Å². The highest BCUT2D eigenvalue weighted by atomic mass is 16.3. The number of aliphatic hydroxyl groups is 3. The van der Waals surface area contributed by atoms with Gasteiger partial charge in [0.05, 0.1) is 18.3 Å². The van der Waals surface area contributed by atoms with Gasteiger partial charge in [-0.15, -0.1) is 0 Å². The minimum Gasteiger partial charge on any atom is -0.392 e. The smallest absolute Gasteiger partial charge is 0.0640 e. The van der Waals surface area contributed by atoms with E-state index in [0.717, 1.165) is 0 Å². The van der Waals surface area contributed by atoms with Gasteiger partial charge in [0.1, 0.15) is 0 Å². The summed E-state index contributed by atoms with van der Waals surface area (Å²) in [7, 11) is 0. The molecule has 16 heavy (non-hydrogen) atoms. The third-order valence-electron chi connectivity index (χ3n) is 3.52. The van der Waals surface area contributed by atoms with E-state index in [0.29, 0.717) is 0 Å². The van der Waals surface area contributed by atoms with Crippen LogP contribution in [0.15, 0.2) is 0 Å². The summed E-state index contributed by atoms with van der Waals surface area (Å²) < 4.78 is 0. The van der Waals surface area contributed by atoms with Gasteiger partial charge >= 0.3 is 0 Å². The van der Waals surface area contributed by atoms with E-state index in [1.807, 2.05) is 41.5 Å². The monoisotopic (exact) mass is 232 g/mol. The van der Waals surface area contributed by atoms with Gasteiger partial charge in [0.25, 0.3) is 0 Å². The number of aliphatic hydroxyl groups excluding tert-OH is 3. The summed E-state index contributed by atoms with van der Waals surface area (Å²) in [5, 5.41) is 29.9. The second kappa shape index (κ2) is 6.58. The molecule has 0 fully saturated rings. The highest BCUT2D eigenvalue weighted by Crippen LogP contribution is 2.25. The molecule has 0 aromatic carbocycles. The molecule has 0 rings (SSSR count). The first-order valence-electron chi connectivity index (χ1n) is 6.24. The number of rotatable bonds is 6. The van der Waals surface area contributed by atoms with E-state index in [1.165, 1.54) is 0 Å². The lowest BCUT2D eigenvalue weighted by Gasteiger charge is -2.33. The van der Waals surface area contributed by atoms with Crippen molar-refractivity contribution in [2.75, 3.05) is 0 Å². The van der Waals surface area contributed by atoms with Crippen molar-refractivity contribution in [1.29, 1.82) is 0 Å². The molecule has 3 N–H and O–H groups in total. The van der Waals surface area contributed by atoms with Gasteiger partial charge in [-0.25, -0.2) is 0 Å². The fraction of sp³-hybridized carbons (Fsp3) is 1.00. The molecule has 0 aliphatic rings. The van der Waals surface area contributed by atoms with Crippen molar-refractivity contribution in [2.45, 2.75) is 59.9 Å². The summed E-state index contributed by atoms with van der Waals surface area (Å²) in [6.45, 7) is 11.4. The molecular formula is C13H28O3. The third-order valence-corrected chi connectivity index (χ3v) is 3.52. The van der Waals surface area contributed by atoms with Crippen LogP contribution in [0.3, 0.4) is 0 Å². The van der Waals surface area contributed by atoms with Gasteiger partial charge in [0.2, 0.25) is 0 Å². The van der Waals surface area contributed by atoms with Crippen molar-refractivity contribution in [3.63, 3.8) is 0 Å². The van der Waals surface area contributed by atoms with Gasteiger partial charge in [-0.1, -0.05) is 41.5 Å². The highest BCUT2D eigenvalue weighted by Gasteiger charge is 2.32. The molecule has 98 valence electrons. The molecule has 3 heteroatoms. The van der Waals surface area contributed by atoms with Crippen LogP contribution in [0.4, 0.5) is 0 Å². The Morgan fingerprint density at radius 1 is 0.500 bits per heavy atom. The fourth-order valence-electron chi connectivity index (χ4n) is 2.10. The Balaban J connectivity index is 4.48. The Hall–Kier alpha value is -0.120. The largest absolute Gasteiger partial charge is 0.392 e. The van der Waals surface area contributed by atoms with Crippen LogP contribution in [0.5, 0.6) is 0 Å². The van der Waals surface area contributed by atoms with Crippen LogP contribution in [0.2, 0.25) is 0 Å². The summed E-state index contributed by atoms with van der Waals surface area (Å²) in [4.78, 5) is 0. The Morgan fingerprint density at radius 2 is 0.750 bits per heavy atom. The summed E-state index contributed by atoms with van der Waals surface area (Å²) in [6.07, 6.45) is -1.73. The molecule has 0 aromatic rings. The molecule has 3 nitrogen and oxygen atoms in total. The van der Waals surface area contributed by atoms with E-state index in [4.69, 9.17) is 0 Å². The minimum atomic E-state index is -0.671. The number of hydrogen-bond donors (Lipinski definition) is 3. The maximum absolute atomic E-state index is 10.1. The standard InChI is InChI=1S/C13H28O3/c1-7(2)11(14)9(5)13(16)10(6)12(15)8(3)4/h7-16H,1-6H3/t9-,10-,11-,12-/m0/s1. The zero-order valence-electron chi connectivity index (χ0n) is 11.4. The van der Waals surface area contributed by atoms with Gasteiger partial charge in [0.15, 0.2) is 0 Å². The molecule has 0 aliphatic heterocycles. The lowest BCUT2D eigenvalue weighted by molar-refractivity contribution is -0.0650. The quantitative estimate of drug-likeness (QED) is 0.652. The molecular weight excluding hydrogens is 204 g/mol. The van der Waals surface area contributed by atoms with E-state index in [-0.39, 0.29) is 23.7 Å². The lowest BCUT2D eigenvalue weighted by atomic mass is 9.80. The Morgan fingerprint density at radius 3 is 0.938 bits per heavy atom. The summed E-state index contributed by atoms with van der Waals surface area (Å²) in [6, 6.07) is 0. The average molecular weight is 232 g/mol. The molecule has 0 saturated heterocycles. The Kier molecular flexibility index (Phi) is 6.53. The van der Waals surface area contributed by atoms with Crippen molar-refractivity contribution in [2.24, 2.45) is 23.7 Å². The molecule has 0 aromatic heterocycles. The predicted octanol–water partition coefficient (Wildman–Crippen LogP) is 1.65. The van der Waals surface area contributed by atoms with Crippen LogP contribution < -0.4 is 0 Å². The van der Waals surface area contributed by atoms with E-state index in [1.54, 1.807) is 0 Å². The first kappa shape index (κ1) is 15.9. The van der Waals surface area contributed by atoms with Crippen LogP contribution in [-0.4, -0.2) is 33.6 Å². The van der Waals surface area contributed by atoms with Crippen LogP contribution in [0.1, 0.15) is 41.5 Å². The van der Waals surface area contributed by atoms with Crippen molar-refractivity contribution < 1.29 is 15.3 Å². The van der Waals surface area contributed by atoms with E-state index in [9.17, 15) is 15.3 Å². The summed E-state index contributed by atoms with van der Waals surface area (Å²) in [5.41, 5.74) is 0. The Bertz CT molecular complexity index is 172. The highest BCUT2D eigenvalue weighted by molar-refractivity contribution is 4.82. The molecule has 0 amide bonds. The topological polar surface area (TPSA) is 60.7 Å². The van der Waals surface area contributed by atoms with Crippen molar-refractivity contribution >= 4 is 0 Å². The van der Waals surface area contributed by atoms with Crippen LogP contribution in [-0.2, 0) is 0 Å². The molecule has 4 atom stereocenters. The first-order chi connectivity index (χ1) is 7.20. The molecule has 0 saturated carbocycles. The molecule has 0 bridgehead atoms. The van der Waals surface area contributed by atoms with Crippen molar-refractivity contribution in [3.05, 3.63) is 0 Å². The fourth-order valence-corrected chi connectivity index (χ4v) is 2.10. The van der Waals surface area contributed by atoms with E-state index in [2.05, 4.69) is 0 Å². The zero-order chi connectivity index (χ0) is 13.0. The van der Waals surface area contributed by atoms with Gasteiger partial charge in [-0.2, -0.15) is 0 Å². The Labute approximate surface area is 99.5 Å². The van der Waals surface area contributed by atoms with Crippen LogP contribution in [0, 0.1) is 23.7 Å². The van der Waals surface area contributed by atoms with Crippen molar-refractivity contribution in [1.82, 2.24) is 0 Å². The van der Waals surface area contributed by atoms with Gasteiger partial charge in [-0.05, 0) is 11.8 Å². The second-order valence-electron chi connectivity index (χ2n) is 5.68. The van der Waals surface area contributed by atoms with Gasteiger partial charge in [0, 0.05) is 11.8 Å². The minimum absolute atomic E-state index is 0.119. The SMILES string of the molecule is CC(C)[C@H](O)[C@H](C)C(O)[C@@H](C)[C@@H](O)C(C)C. The summed E-state index contributed by atoms with van der Waals surface area (Å²) >= 11 is 0. The maximum atomic E-state index is 10.1. The summed E-state index contributed by atoms with van der Waals surface area (Å²) in [5.74, 6) is -0.201. The first-order valence-corrected chi connectivity index (χ1v) is 6.24. The normalized spacial score (nSPS) is 20.2. The zero-order valence-corrected chi connectivity index (χ0v) is 11.4. The van der Waals surface area contributed by atoms with Gasteiger partial charge < -0.3 is 15.3 Å². The van der Waals surface area contributed by atoms with E-state index >= 15 is 0 Å². The third kappa shape index (κ3) is 4.04. The predicted molar refractivity (Wildman–Crippen MR) is 66.0 cm³/mol. The average Bonchev–Trinajstić information content (AvgIpc) is 2.23. The van der Waals surface area contributed by atoms with E-state index < -0.39 is 18.3 Å². The van der Waals surface area contributed by atoms with Crippen LogP contribution in [0.25, 0.3) is 0 Å². The molecule has 0 spiro atoms. The van der Waals surface area contributed by atoms with Gasteiger partial charge in [-0.3, -0.25) is 0 Å². The molecule has 0 aliphatic carbocycles. The molecule has 0 heterocycles. The lowest BCUT2D eigenvalue weighted by Crippen LogP contribution is -2.42. The molecule has 0 unspecified atom stereocenters. The van der Waals surface area contributed by atoms with Crippen molar-refractivity contribution in [3.8, 4) is 0 Å².